The number of carbonyl (C=O) groups is 1. The summed E-state index contributed by atoms with van der Waals surface area (Å²) in [6.45, 7) is 8.05. The Balaban J connectivity index is 2.04. The summed E-state index contributed by atoms with van der Waals surface area (Å²) < 4.78 is 16.0. The van der Waals surface area contributed by atoms with Crippen LogP contribution in [-0.2, 0) is 11.3 Å². The van der Waals surface area contributed by atoms with Crippen molar-refractivity contribution in [1.82, 2.24) is 15.8 Å². The van der Waals surface area contributed by atoms with Crippen LogP contribution in [0.15, 0.2) is 40.9 Å². The molecule has 0 saturated carbocycles. The highest BCUT2D eigenvalue weighted by atomic mass is 16.6. The molecule has 0 saturated heterocycles. The van der Waals surface area contributed by atoms with Crippen molar-refractivity contribution < 1.29 is 29.0 Å². The van der Waals surface area contributed by atoms with Crippen LogP contribution in [0.25, 0.3) is 22.5 Å². The van der Waals surface area contributed by atoms with Crippen LogP contribution < -0.4 is 15.4 Å². The Hall–Kier alpha value is -3.56. The fourth-order valence-electron chi connectivity index (χ4n) is 3.49. The molecule has 2 aromatic carbocycles. The van der Waals surface area contributed by atoms with E-state index in [4.69, 9.17) is 14.0 Å². The van der Waals surface area contributed by atoms with Gasteiger partial charge in [-0.25, -0.2) is 4.79 Å². The Morgan fingerprint density at radius 1 is 1.15 bits per heavy atom. The molecule has 0 spiro atoms. The van der Waals surface area contributed by atoms with Crippen LogP contribution in [0, 0.1) is 0 Å². The molecule has 1 aromatic heterocycles. The SMILES string of the molecule is CCNC(=O)Oc1noc(-c2cc(C(C)C)c(O)cc2O)c1-c1ccc(CNCCOC)cc1. The van der Waals surface area contributed by atoms with E-state index in [2.05, 4.69) is 15.8 Å². The van der Waals surface area contributed by atoms with E-state index in [9.17, 15) is 15.0 Å². The van der Waals surface area contributed by atoms with Crippen molar-refractivity contribution in [2.75, 3.05) is 26.8 Å². The summed E-state index contributed by atoms with van der Waals surface area (Å²) in [6, 6.07) is 10.6. The van der Waals surface area contributed by atoms with Crippen molar-refractivity contribution in [1.29, 1.82) is 0 Å². The van der Waals surface area contributed by atoms with Crippen molar-refractivity contribution >= 4 is 6.09 Å². The van der Waals surface area contributed by atoms with Crippen LogP contribution in [0.1, 0.15) is 37.8 Å². The quantitative estimate of drug-likeness (QED) is 0.322. The van der Waals surface area contributed by atoms with Gasteiger partial charge in [-0.3, -0.25) is 0 Å². The van der Waals surface area contributed by atoms with E-state index in [0.717, 1.165) is 12.1 Å². The van der Waals surface area contributed by atoms with E-state index < -0.39 is 6.09 Å². The summed E-state index contributed by atoms with van der Waals surface area (Å²) in [5.41, 5.74) is 3.13. The summed E-state index contributed by atoms with van der Waals surface area (Å²) >= 11 is 0. The third kappa shape index (κ3) is 5.86. The fourth-order valence-corrected chi connectivity index (χ4v) is 3.49. The maximum absolute atomic E-state index is 12.1. The van der Waals surface area contributed by atoms with E-state index in [1.165, 1.54) is 6.07 Å². The third-order valence-electron chi connectivity index (χ3n) is 5.24. The number of aromatic nitrogens is 1. The van der Waals surface area contributed by atoms with E-state index in [1.807, 2.05) is 38.1 Å². The molecule has 9 nitrogen and oxygen atoms in total. The lowest BCUT2D eigenvalue weighted by molar-refractivity contribution is 0.196. The van der Waals surface area contributed by atoms with Crippen LogP contribution in [-0.4, -0.2) is 48.3 Å². The van der Waals surface area contributed by atoms with Gasteiger partial charge in [-0.05, 0) is 40.8 Å². The lowest BCUT2D eigenvalue weighted by atomic mass is 9.95. The predicted octanol–water partition coefficient (Wildman–Crippen LogP) is 4.39. The topological polar surface area (TPSA) is 126 Å². The first-order valence-corrected chi connectivity index (χ1v) is 11.2. The molecule has 182 valence electrons. The van der Waals surface area contributed by atoms with Gasteiger partial charge in [-0.15, -0.1) is 0 Å². The van der Waals surface area contributed by atoms with Gasteiger partial charge in [0.15, 0.2) is 5.76 Å². The van der Waals surface area contributed by atoms with Crippen molar-refractivity contribution in [2.45, 2.75) is 33.2 Å². The van der Waals surface area contributed by atoms with Crippen LogP contribution in [0.2, 0.25) is 0 Å². The van der Waals surface area contributed by atoms with Crippen molar-refractivity contribution in [3.05, 3.63) is 47.5 Å². The van der Waals surface area contributed by atoms with Crippen molar-refractivity contribution in [2.24, 2.45) is 0 Å². The van der Waals surface area contributed by atoms with Gasteiger partial charge in [-0.1, -0.05) is 38.1 Å². The number of ether oxygens (including phenoxy) is 2. The number of carbonyl (C=O) groups excluding carboxylic acids is 1. The zero-order valence-corrected chi connectivity index (χ0v) is 19.8. The van der Waals surface area contributed by atoms with Crippen molar-refractivity contribution in [3.8, 4) is 39.8 Å². The number of phenols is 2. The summed E-state index contributed by atoms with van der Waals surface area (Å²) in [7, 11) is 1.66. The molecule has 0 aliphatic rings. The molecule has 1 heterocycles. The number of benzene rings is 2. The Morgan fingerprint density at radius 2 is 1.88 bits per heavy atom. The van der Waals surface area contributed by atoms with E-state index in [1.54, 1.807) is 20.1 Å². The number of phenolic OH excluding ortho intramolecular Hbond substituents is 2. The Kier molecular flexibility index (Phi) is 8.50. The number of hydrogen-bond donors (Lipinski definition) is 4. The second-order valence-corrected chi connectivity index (χ2v) is 8.06. The van der Waals surface area contributed by atoms with Gasteiger partial charge in [0.2, 0.25) is 0 Å². The maximum atomic E-state index is 12.1. The van der Waals surface area contributed by atoms with Gasteiger partial charge in [-0.2, -0.15) is 0 Å². The number of methoxy groups -OCH3 is 1. The minimum Gasteiger partial charge on any atom is -0.508 e. The normalized spacial score (nSPS) is 11.1. The molecule has 0 atom stereocenters. The minimum atomic E-state index is -0.666. The number of amides is 1. The van der Waals surface area contributed by atoms with Crippen molar-refractivity contribution in [3.63, 3.8) is 0 Å². The van der Waals surface area contributed by atoms with Gasteiger partial charge in [0.1, 0.15) is 11.5 Å². The van der Waals surface area contributed by atoms with E-state index >= 15 is 0 Å². The Bertz CT molecular complexity index is 1110. The number of rotatable bonds is 10. The molecule has 1 amide bonds. The fraction of sp³-hybridized carbons (Fsp3) is 0.360. The summed E-state index contributed by atoms with van der Waals surface area (Å²) in [4.78, 5) is 12.1. The molecule has 0 radical (unpaired) electrons. The highest BCUT2D eigenvalue weighted by Crippen LogP contribution is 2.45. The summed E-state index contributed by atoms with van der Waals surface area (Å²) in [5, 5.41) is 30.6. The van der Waals surface area contributed by atoms with E-state index in [0.29, 0.717) is 42.0 Å². The Morgan fingerprint density at radius 3 is 2.53 bits per heavy atom. The van der Waals surface area contributed by atoms with Crippen LogP contribution in [0.5, 0.6) is 17.4 Å². The van der Waals surface area contributed by atoms with Crippen LogP contribution in [0.4, 0.5) is 4.79 Å². The molecule has 9 heteroatoms. The maximum Gasteiger partial charge on any atom is 0.414 e. The van der Waals surface area contributed by atoms with Crippen LogP contribution >= 0.6 is 0 Å². The molecule has 0 fully saturated rings. The molecule has 0 aliphatic heterocycles. The first-order valence-electron chi connectivity index (χ1n) is 11.2. The first kappa shape index (κ1) is 25.1. The zero-order valence-electron chi connectivity index (χ0n) is 19.8. The highest BCUT2D eigenvalue weighted by molar-refractivity contribution is 5.87. The predicted molar refractivity (Wildman–Crippen MR) is 128 cm³/mol. The molecular formula is C25H31N3O6. The molecule has 0 bridgehead atoms. The van der Waals surface area contributed by atoms with Crippen LogP contribution in [0.3, 0.4) is 0 Å². The summed E-state index contributed by atoms with van der Waals surface area (Å²) in [6.07, 6.45) is -0.666. The monoisotopic (exact) mass is 469 g/mol. The van der Waals surface area contributed by atoms with Gasteiger partial charge >= 0.3 is 6.09 Å². The van der Waals surface area contributed by atoms with Gasteiger partial charge in [0, 0.05) is 32.8 Å². The lowest BCUT2D eigenvalue weighted by Gasteiger charge is -2.12. The smallest absolute Gasteiger partial charge is 0.414 e. The molecule has 0 unspecified atom stereocenters. The number of nitrogens with one attached hydrogen (secondary N) is 2. The largest absolute Gasteiger partial charge is 0.508 e. The second kappa shape index (κ2) is 11.5. The number of hydrogen-bond acceptors (Lipinski definition) is 8. The average molecular weight is 470 g/mol. The number of aromatic hydroxyl groups is 2. The standard InChI is InChI=1S/C25H31N3O6/c1-5-27-25(31)33-24-22(17-8-6-16(7-9-17)14-26-10-11-32-4)23(34-28-24)19-12-18(15(2)3)20(29)13-21(19)30/h6-9,12-13,15,26,29-30H,5,10-11,14H2,1-4H3,(H,27,31). The Labute approximate surface area is 198 Å². The lowest BCUT2D eigenvalue weighted by Crippen LogP contribution is -2.26. The molecular weight excluding hydrogens is 438 g/mol. The number of nitrogens with zero attached hydrogens (tertiary/aromatic N) is 1. The average Bonchev–Trinajstić information content (AvgIpc) is 3.20. The van der Waals surface area contributed by atoms with Gasteiger partial charge < -0.3 is 34.8 Å². The molecule has 0 aliphatic carbocycles. The third-order valence-corrected chi connectivity index (χ3v) is 5.24. The summed E-state index contributed by atoms with van der Waals surface area (Å²) in [5.74, 6) is 0.0149. The van der Waals surface area contributed by atoms with Gasteiger partial charge in [0.05, 0.1) is 17.7 Å². The van der Waals surface area contributed by atoms with Gasteiger partial charge in [0.25, 0.3) is 5.88 Å². The first-order chi connectivity index (χ1) is 16.3. The van der Waals surface area contributed by atoms with E-state index in [-0.39, 0.29) is 29.1 Å². The molecule has 4 N–H and O–H groups in total. The highest BCUT2D eigenvalue weighted by Gasteiger charge is 2.26. The molecule has 34 heavy (non-hydrogen) atoms. The second-order valence-electron chi connectivity index (χ2n) is 8.06. The molecule has 3 aromatic rings. The zero-order chi connectivity index (χ0) is 24.7. The molecule has 3 rings (SSSR count). The minimum absolute atomic E-state index is 0.00154.